The quantitative estimate of drug-likeness (QED) is 0.868. The van der Waals surface area contributed by atoms with Crippen LogP contribution >= 0.6 is 0 Å². The number of nitrogens with one attached hydrogen (secondary N) is 2. The second kappa shape index (κ2) is 5.92. The van der Waals surface area contributed by atoms with Gasteiger partial charge in [-0.25, -0.2) is 0 Å². The Kier molecular flexibility index (Phi) is 4.07. The van der Waals surface area contributed by atoms with E-state index < -0.39 is 6.04 Å². The molecule has 6 nitrogen and oxygen atoms in total. The van der Waals surface area contributed by atoms with E-state index in [0.717, 1.165) is 0 Å². The molecule has 24 heavy (non-hydrogen) atoms. The topological polar surface area (TPSA) is 78.5 Å². The Morgan fingerprint density at radius 3 is 2.71 bits per heavy atom. The molecule has 0 aromatic heterocycles. The number of anilines is 1. The van der Waals surface area contributed by atoms with E-state index in [0.29, 0.717) is 30.6 Å². The van der Waals surface area contributed by atoms with Crippen molar-refractivity contribution in [2.45, 2.75) is 45.7 Å². The van der Waals surface area contributed by atoms with Crippen LogP contribution in [0.4, 0.5) is 5.69 Å². The lowest BCUT2D eigenvalue weighted by molar-refractivity contribution is -0.123. The summed E-state index contributed by atoms with van der Waals surface area (Å²) >= 11 is 0. The fraction of sp³-hybridized carbons (Fsp3) is 0.500. The molecule has 3 amide bonds. The molecule has 0 bridgehead atoms. The SMILES string of the molecule is CC(C)(C)CC(=O)N[C@H]1C[C@H]2C(=O)Nc3ccccc3C(=O)N2C1. The van der Waals surface area contributed by atoms with Crippen LogP contribution < -0.4 is 10.6 Å². The number of amides is 3. The first kappa shape index (κ1) is 16.5. The first-order valence-electron chi connectivity index (χ1n) is 8.25. The van der Waals surface area contributed by atoms with E-state index in [1.54, 1.807) is 29.2 Å². The van der Waals surface area contributed by atoms with Crippen molar-refractivity contribution in [2.24, 2.45) is 5.41 Å². The number of hydrogen-bond acceptors (Lipinski definition) is 3. The minimum atomic E-state index is -0.537. The first-order valence-corrected chi connectivity index (χ1v) is 8.25. The number of rotatable bonds is 2. The van der Waals surface area contributed by atoms with Gasteiger partial charge in [0.25, 0.3) is 5.91 Å². The maximum Gasteiger partial charge on any atom is 0.256 e. The molecule has 2 aliphatic heterocycles. The van der Waals surface area contributed by atoms with Crippen molar-refractivity contribution < 1.29 is 14.4 Å². The summed E-state index contributed by atoms with van der Waals surface area (Å²) in [4.78, 5) is 38.9. The second-order valence-electron chi connectivity index (χ2n) is 7.75. The van der Waals surface area contributed by atoms with Gasteiger partial charge in [-0.15, -0.1) is 0 Å². The van der Waals surface area contributed by atoms with Gasteiger partial charge in [0.15, 0.2) is 0 Å². The van der Waals surface area contributed by atoms with Gasteiger partial charge in [0, 0.05) is 19.0 Å². The number of nitrogens with zero attached hydrogens (tertiary/aromatic N) is 1. The first-order chi connectivity index (χ1) is 11.2. The fourth-order valence-corrected chi connectivity index (χ4v) is 3.32. The molecule has 2 atom stereocenters. The summed E-state index contributed by atoms with van der Waals surface area (Å²) in [5.74, 6) is -0.402. The number of carbonyl (C=O) groups excluding carboxylic acids is 3. The third-order valence-corrected chi connectivity index (χ3v) is 4.34. The van der Waals surface area contributed by atoms with Crippen LogP contribution in [0, 0.1) is 5.41 Å². The zero-order valence-electron chi connectivity index (χ0n) is 14.3. The summed E-state index contributed by atoms with van der Waals surface area (Å²) in [5, 5.41) is 5.79. The summed E-state index contributed by atoms with van der Waals surface area (Å²) in [5.41, 5.74) is 0.949. The number of hydrogen-bond donors (Lipinski definition) is 2. The highest BCUT2D eigenvalue weighted by Gasteiger charge is 2.43. The molecule has 2 aliphatic rings. The van der Waals surface area contributed by atoms with Gasteiger partial charge < -0.3 is 15.5 Å². The molecule has 2 N–H and O–H groups in total. The molecule has 0 unspecified atom stereocenters. The Bertz CT molecular complexity index is 693. The van der Waals surface area contributed by atoms with E-state index in [4.69, 9.17) is 0 Å². The largest absolute Gasteiger partial charge is 0.351 e. The van der Waals surface area contributed by atoms with Gasteiger partial charge in [0.1, 0.15) is 6.04 Å². The van der Waals surface area contributed by atoms with Crippen molar-refractivity contribution in [3.8, 4) is 0 Å². The number of fused-ring (bicyclic) bond motifs is 2. The van der Waals surface area contributed by atoms with Crippen LogP contribution in [0.5, 0.6) is 0 Å². The predicted octanol–water partition coefficient (Wildman–Crippen LogP) is 1.77. The second-order valence-corrected chi connectivity index (χ2v) is 7.75. The zero-order valence-corrected chi connectivity index (χ0v) is 14.3. The molecule has 1 saturated heterocycles. The molecule has 0 saturated carbocycles. The molecule has 1 fully saturated rings. The van der Waals surface area contributed by atoms with E-state index >= 15 is 0 Å². The zero-order chi connectivity index (χ0) is 17.5. The molecule has 0 radical (unpaired) electrons. The molecule has 2 heterocycles. The molecule has 1 aromatic carbocycles. The maximum absolute atomic E-state index is 12.7. The molecular weight excluding hydrogens is 306 g/mol. The van der Waals surface area contributed by atoms with Crippen molar-refractivity contribution in [3.63, 3.8) is 0 Å². The minimum absolute atomic E-state index is 0.0431. The predicted molar refractivity (Wildman–Crippen MR) is 90.5 cm³/mol. The number of para-hydroxylation sites is 1. The molecule has 6 heteroatoms. The standard InChI is InChI=1S/C18H23N3O3/c1-18(2,3)9-15(22)19-11-8-14-16(23)20-13-7-5-4-6-12(13)17(24)21(14)10-11/h4-7,11,14H,8-10H2,1-3H3,(H,19,22)(H,20,23)/t11-,14-/m0/s1. The molecular formula is C18H23N3O3. The van der Waals surface area contributed by atoms with Crippen LogP contribution in [0.1, 0.15) is 44.0 Å². The van der Waals surface area contributed by atoms with Gasteiger partial charge in [-0.1, -0.05) is 32.9 Å². The molecule has 128 valence electrons. The van der Waals surface area contributed by atoms with Crippen LogP contribution in [-0.4, -0.2) is 41.2 Å². The van der Waals surface area contributed by atoms with Gasteiger partial charge in [-0.05, 0) is 24.0 Å². The monoisotopic (exact) mass is 329 g/mol. The highest BCUT2D eigenvalue weighted by atomic mass is 16.2. The Morgan fingerprint density at radius 1 is 1.29 bits per heavy atom. The maximum atomic E-state index is 12.7. The molecule has 0 spiro atoms. The summed E-state index contributed by atoms with van der Waals surface area (Å²) in [7, 11) is 0. The van der Waals surface area contributed by atoms with Crippen molar-refractivity contribution in [3.05, 3.63) is 29.8 Å². The number of carbonyl (C=O) groups is 3. The van der Waals surface area contributed by atoms with E-state index in [9.17, 15) is 14.4 Å². The van der Waals surface area contributed by atoms with Crippen molar-refractivity contribution in [2.75, 3.05) is 11.9 Å². The highest BCUT2D eigenvalue weighted by molar-refractivity contribution is 6.10. The van der Waals surface area contributed by atoms with Crippen LogP contribution in [0.15, 0.2) is 24.3 Å². The third-order valence-electron chi connectivity index (χ3n) is 4.34. The van der Waals surface area contributed by atoms with E-state index in [1.165, 1.54) is 0 Å². The van der Waals surface area contributed by atoms with Gasteiger partial charge in [0.2, 0.25) is 11.8 Å². The Labute approximate surface area is 141 Å². The summed E-state index contributed by atoms with van der Waals surface area (Å²) in [6, 6.07) is 6.29. The lowest BCUT2D eigenvalue weighted by atomic mass is 9.92. The minimum Gasteiger partial charge on any atom is -0.351 e. The van der Waals surface area contributed by atoms with Gasteiger partial charge in [-0.3, -0.25) is 14.4 Å². The van der Waals surface area contributed by atoms with Crippen LogP contribution in [0.25, 0.3) is 0 Å². The number of benzene rings is 1. The highest BCUT2D eigenvalue weighted by Crippen LogP contribution is 2.29. The average Bonchev–Trinajstić information content (AvgIpc) is 2.85. The van der Waals surface area contributed by atoms with Gasteiger partial charge >= 0.3 is 0 Å². The van der Waals surface area contributed by atoms with Gasteiger partial charge in [0.05, 0.1) is 11.3 Å². The summed E-state index contributed by atoms with van der Waals surface area (Å²) < 4.78 is 0. The van der Waals surface area contributed by atoms with E-state index in [2.05, 4.69) is 10.6 Å². The lowest BCUT2D eigenvalue weighted by Crippen LogP contribution is -2.41. The van der Waals surface area contributed by atoms with Crippen molar-refractivity contribution >= 4 is 23.4 Å². The molecule has 3 rings (SSSR count). The van der Waals surface area contributed by atoms with Crippen LogP contribution in [0.3, 0.4) is 0 Å². The van der Waals surface area contributed by atoms with Crippen LogP contribution in [0.2, 0.25) is 0 Å². The molecule has 0 aliphatic carbocycles. The smallest absolute Gasteiger partial charge is 0.256 e. The van der Waals surface area contributed by atoms with E-state index in [-0.39, 0.29) is 29.2 Å². The Morgan fingerprint density at radius 2 is 2.00 bits per heavy atom. The Hall–Kier alpha value is -2.37. The Balaban J connectivity index is 1.75. The lowest BCUT2D eigenvalue weighted by Gasteiger charge is -2.21. The summed E-state index contributed by atoms with van der Waals surface area (Å²) in [6.45, 7) is 6.37. The van der Waals surface area contributed by atoms with E-state index in [1.807, 2.05) is 20.8 Å². The normalized spacial score (nSPS) is 23.2. The fourth-order valence-electron chi connectivity index (χ4n) is 3.32. The van der Waals surface area contributed by atoms with Crippen LogP contribution in [-0.2, 0) is 9.59 Å². The third kappa shape index (κ3) is 3.27. The van der Waals surface area contributed by atoms with Gasteiger partial charge in [-0.2, -0.15) is 0 Å². The summed E-state index contributed by atoms with van der Waals surface area (Å²) in [6.07, 6.45) is 0.860. The van der Waals surface area contributed by atoms with Crippen molar-refractivity contribution in [1.82, 2.24) is 10.2 Å². The average molecular weight is 329 g/mol. The molecule has 1 aromatic rings. The van der Waals surface area contributed by atoms with Crippen molar-refractivity contribution in [1.29, 1.82) is 0 Å².